The average Bonchev–Trinajstić information content (AvgIpc) is 2.27. The third-order valence-electron chi connectivity index (χ3n) is 2.44. The number of fused-ring (bicyclic) bond motifs is 2. The van der Waals surface area contributed by atoms with Crippen LogP contribution >= 0.6 is 0 Å². The molecule has 2 saturated heterocycles. The third kappa shape index (κ3) is 1.04. The molecule has 64 valence electrons. The molecular formula is C7H12O3S. The van der Waals surface area contributed by atoms with E-state index in [-0.39, 0.29) is 11.4 Å². The topological polar surface area (TPSA) is 35.5 Å². The monoisotopic (exact) mass is 176 g/mol. The summed E-state index contributed by atoms with van der Waals surface area (Å²) in [6.45, 7) is 4.39. The normalized spacial score (nSPS) is 56.4. The van der Waals surface area contributed by atoms with Crippen LogP contribution in [0, 0.1) is 0 Å². The highest BCUT2D eigenvalue weighted by atomic mass is 32.2. The van der Waals surface area contributed by atoms with Gasteiger partial charge in [-0.15, -0.1) is 0 Å². The quantitative estimate of drug-likeness (QED) is 0.531. The molecule has 2 unspecified atom stereocenters. The summed E-state index contributed by atoms with van der Waals surface area (Å²) in [4.78, 5) is 0. The number of ether oxygens (including phenoxy) is 2. The van der Waals surface area contributed by atoms with E-state index in [0.29, 0.717) is 12.4 Å². The van der Waals surface area contributed by atoms with Gasteiger partial charge in [-0.25, -0.2) is 0 Å². The second kappa shape index (κ2) is 2.28. The highest BCUT2D eigenvalue weighted by Crippen LogP contribution is 2.34. The van der Waals surface area contributed by atoms with Crippen molar-refractivity contribution in [3.63, 3.8) is 0 Å². The first-order valence-corrected chi connectivity index (χ1v) is 5.19. The van der Waals surface area contributed by atoms with Crippen molar-refractivity contribution in [2.45, 2.75) is 31.0 Å². The van der Waals surface area contributed by atoms with E-state index in [2.05, 4.69) is 0 Å². The first-order chi connectivity index (χ1) is 5.12. The number of hydrogen-bond acceptors (Lipinski definition) is 3. The lowest BCUT2D eigenvalue weighted by molar-refractivity contribution is -0.153. The standard InChI is InChI=1S/C7H12O3S/c1-5-7(2)9-3-6(10-7)4-11(5)8/h5-6H,3-4H2,1-2H3/t5?,6-,7-,11?/m1/s1. The van der Waals surface area contributed by atoms with Gasteiger partial charge in [0, 0.05) is 10.8 Å². The van der Waals surface area contributed by atoms with Gasteiger partial charge in [-0.05, 0) is 13.8 Å². The SMILES string of the molecule is CC1S(=O)C[C@H]2CO[C@]1(C)O2. The first-order valence-electron chi connectivity index (χ1n) is 3.81. The fourth-order valence-corrected chi connectivity index (χ4v) is 2.94. The molecule has 2 aliphatic rings. The van der Waals surface area contributed by atoms with Crippen molar-refractivity contribution in [1.82, 2.24) is 0 Å². The molecule has 2 bridgehead atoms. The van der Waals surface area contributed by atoms with Gasteiger partial charge in [-0.1, -0.05) is 0 Å². The van der Waals surface area contributed by atoms with Gasteiger partial charge >= 0.3 is 0 Å². The molecule has 0 radical (unpaired) electrons. The predicted octanol–water partition coefficient (Wildman–Crippen LogP) is 0.269. The molecule has 0 aromatic carbocycles. The van der Waals surface area contributed by atoms with Crippen LogP contribution in [0.1, 0.15) is 13.8 Å². The molecular weight excluding hydrogens is 164 g/mol. The van der Waals surface area contributed by atoms with Gasteiger partial charge in [0.2, 0.25) is 0 Å². The van der Waals surface area contributed by atoms with Crippen LogP contribution in [0.15, 0.2) is 0 Å². The first kappa shape index (κ1) is 7.71. The minimum atomic E-state index is -0.772. The molecule has 2 aliphatic heterocycles. The van der Waals surface area contributed by atoms with Crippen LogP contribution < -0.4 is 0 Å². The molecule has 11 heavy (non-hydrogen) atoms. The maximum absolute atomic E-state index is 11.4. The zero-order valence-electron chi connectivity index (χ0n) is 6.70. The van der Waals surface area contributed by atoms with E-state index >= 15 is 0 Å². The second-order valence-electron chi connectivity index (χ2n) is 3.26. The Kier molecular flexibility index (Phi) is 1.60. The summed E-state index contributed by atoms with van der Waals surface area (Å²) < 4.78 is 22.4. The Morgan fingerprint density at radius 3 is 3.09 bits per heavy atom. The summed E-state index contributed by atoms with van der Waals surface area (Å²) in [5.74, 6) is 0.0601. The Morgan fingerprint density at radius 2 is 2.36 bits per heavy atom. The summed E-state index contributed by atoms with van der Waals surface area (Å²) in [6.07, 6.45) is 0.0667. The minimum absolute atomic E-state index is 0.00116. The van der Waals surface area contributed by atoms with Gasteiger partial charge in [-0.3, -0.25) is 4.21 Å². The molecule has 0 aliphatic carbocycles. The van der Waals surface area contributed by atoms with Crippen molar-refractivity contribution in [3.8, 4) is 0 Å². The van der Waals surface area contributed by atoms with Crippen LogP contribution in [0.2, 0.25) is 0 Å². The molecule has 2 heterocycles. The highest BCUT2D eigenvalue weighted by molar-refractivity contribution is 7.85. The molecule has 0 aromatic heterocycles. The summed E-state index contributed by atoms with van der Waals surface area (Å²) in [6, 6.07) is 0. The van der Waals surface area contributed by atoms with E-state index in [1.54, 1.807) is 0 Å². The van der Waals surface area contributed by atoms with Crippen molar-refractivity contribution in [2.24, 2.45) is 0 Å². The largest absolute Gasteiger partial charge is 0.346 e. The Balaban J connectivity index is 2.27. The molecule has 2 fully saturated rings. The van der Waals surface area contributed by atoms with E-state index in [4.69, 9.17) is 9.47 Å². The zero-order chi connectivity index (χ0) is 8.06. The van der Waals surface area contributed by atoms with Gasteiger partial charge in [-0.2, -0.15) is 0 Å². The summed E-state index contributed by atoms with van der Waals surface area (Å²) >= 11 is 0. The van der Waals surface area contributed by atoms with Gasteiger partial charge in [0.25, 0.3) is 0 Å². The molecule has 3 nitrogen and oxygen atoms in total. The van der Waals surface area contributed by atoms with Crippen LogP contribution in [0.25, 0.3) is 0 Å². The van der Waals surface area contributed by atoms with Crippen LogP contribution in [0.5, 0.6) is 0 Å². The zero-order valence-corrected chi connectivity index (χ0v) is 7.52. The Morgan fingerprint density at radius 1 is 1.64 bits per heavy atom. The van der Waals surface area contributed by atoms with Crippen molar-refractivity contribution >= 4 is 10.8 Å². The number of rotatable bonds is 0. The maximum atomic E-state index is 11.4. The average molecular weight is 176 g/mol. The minimum Gasteiger partial charge on any atom is -0.346 e. The predicted molar refractivity (Wildman–Crippen MR) is 41.7 cm³/mol. The lowest BCUT2D eigenvalue weighted by atomic mass is 10.2. The fourth-order valence-electron chi connectivity index (χ4n) is 1.52. The van der Waals surface area contributed by atoms with Gasteiger partial charge in [0.15, 0.2) is 5.79 Å². The molecule has 0 spiro atoms. The molecule has 2 rings (SSSR count). The number of hydrogen-bond donors (Lipinski definition) is 0. The van der Waals surface area contributed by atoms with E-state index in [1.807, 2.05) is 13.8 Å². The summed E-state index contributed by atoms with van der Waals surface area (Å²) in [5.41, 5.74) is 0. The van der Waals surface area contributed by atoms with E-state index in [0.717, 1.165) is 0 Å². The van der Waals surface area contributed by atoms with Crippen molar-refractivity contribution in [3.05, 3.63) is 0 Å². The van der Waals surface area contributed by atoms with Crippen LogP contribution in [-0.4, -0.2) is 33.7 Å². The smallest absolute Gasteiger partial charge is 0.180 e. The van der Waals surface area contributed by atoms with Crippen molar-refractivity contribution in [2.75, 3.05) is 12.4 Å². The molecule has 0 N–H and O–H groups in total. The lowest BCUT2D eigenvalue weighted by Crippen LogP contribution is -2.47. The molecule has 0 amide bonds. The van der Waals surface area contributed by atoms with Crippen LogP contribution in [-0.2, 0) is 20.3 Å². The Bertz CT molecular complexity index is 206. The Hall–Kier alpha value is 0.0700. The molecule has 0 aromatic rings. The van der Waals surface area contributed by atoms with Crippen LogP contribution in [0.4, 0.5) is 0 Å². The van der Waals surface area contributed by atoms with Crippen molar-refractivity contribution in [1.29, 1.82) is 0 Å². The highest BCUT2D eigenvalue weighted by Gasteiger charge is 2.49. The second-order valence-corrected chi connectivity index (χ2v) is 5.06. The molecule has 4 heteroatoms. The molecule has 4 atom stereocenters. The van der Waals surface area contributed by atoms with E-state index in [1.165, 1.54) is 0 Å². The third-order valence-corrected chi connectivity index (χ3v) is 4.36. The van der Waals surface area contributed by atoms with Gasteiger partial charge in [0.1, 0.15) is 0 Å². The van der Waals surface area contributed by atoms with E-state index in [9.17, 15) is 4.21 Å². The molecule has 0 saturated carbocycles. The lowest BCUT2D eigenvalue weighted by Gasteiger charge is -2.33. The Labute approximate surface area is 68.5 Å². The summed E-state index contributed by atoms with van der Waals surface area (Å²) in [7, 11) is -0.772. The van der Waals surface area contributed by atoms with Crippen LogP contribution in [0.3, 0.4) is 0 Å². The maximum Gasteiger partial charge on any atom is 0.180 e. The summed E-state index contributed by atoms with van der Waals surface area (Å²) in [5, 5.41) is 0.00116. The van der Waals surface area contributed by atoms with Gasteiger partial charge < -0.3 is 9.47 Å². The fraction of sp³-hybridized carbons (Fsp3) is 1.00. The van der Waals surface area contributed by atoms with E-state index < -0.39 is 16.6 Å². The van der Waals surface area contributed by atoms with Gasteiger partial charge in [0.05, 0.1) is 23.7 Å². The van der Waals surface area contributed by atoms with Crippen molar-refractivity contribution < 1.29 is 13.7 Å².